The molecule has 7 nitrogen and oxygen atoms in total. The van der Waals surface area contributed by atoms with Crippen molar-refractivity contribution in [1.82, 2.24) is 20.2 Å². The summed E-state index contributed by atoms with van der Waals surface area (Å²) in [5, 5.41) is 12.7. The van der Waals surface area contributed by atoms with E-state index in [9.17, 15) is 9.59 Å². The van der Waals surface area contributed by atoms with Crippen LogP contribution in [0.2, 0.25) is 0 Å². The summed E-state index contributed by atoms with van der Waals surface area (Å²) in [5.74, 6) is -1.21. The standard InChI is InChI=1S/C17H22N4O3/c1-10(2)21-5-3-13(4-6-21)19-16(22)14-8-11-7-12(17(23)24)9-18-15(11)20-14/h7-10,13H,3-6H2,1-2H3,(H,18,20)(H,19,22)(H,23,24). The molecule has 0 saturated carbocycles. The topological polar surface area (TPSA) is 98.3 Å². The van der Waals surface area contributed by atoms with E-state index < -0.39 is 5.97 Å². The zero-order valence-corrected chi connectivity index (χ0v) is 13.9. The van der Waals surface area contributed by atoms with Gasteiger partial charge in [-0.2, -0.15) is 0 Å². The van der Waals surface area contributed by atoms with E-state index in [1.807, 2.05) is 0 Å². The van der Waals surface area contributed by atoms with Crippen LogP contribution >= 0.6 is 0 Å². The van der Waals surface area contributed by atoms with Crippen LogP contribution < -0.4 is 5.32 Å². The number of hydrogen-bond acceptors (Lipinski definition) is 4. The van der Waals surface area contributed by atoms with Gasteiger partial charge in [0.1, 0.15) is 11.3 Å². The first-order valence-electron chi connectivity index (χ1n) is 8.21. The van der Waals surface area contributed by atoms with E-state index in [1.54, 1.807) is 6.07 Å². The van der Waals surface area contributed by atoms with Crippen molar-refractivity contribution < 1.29 is 14.7 Å². The van der Waals surface area contributed by atoms with Gasteiger partial charge in [0, 0.05) is 36.8 Å². The van der Waals surface area contributed by atoms with Crippen molar-refractivity contribution in [2.24, 2.45) is 0 Å². The third kappa shape index (κ3) is 3.41. The van der Waals surface area contributed by atoms with E-state index in [2.05, 4.69) is 34.0 Å². The molecule has 24 heavy (non-hydrogen) atoms. The molecule has 0 aliphatic carbocycles. The van der Waals surface area contributed by atoms with Crippen LogP contribution in [-0.2, 0) is 0 Å². The lowest BCUT2D eigenvalue weighted by atomic mass is 10.0. The number of nitrogens with one attached hydrogen (secondary N) is 2. The van der Waals surface area contributed by atoms with Crippen molar-refractivity contribution in [3.63, 3.8) is 0 Å². The zero-order valence-electron chi connectivity index (χ0n) is 13.9. The van der Waals surface area contributed by atoms with Crippen LogP contribution in [0, 0.1) is 0 Å². The molecular formula is C17H22N4O3. The number of carbonyl (C=O) groups excluding carboxylic acids is 1. The zero-order chi connectivity index (χ0) is 17.3. The minimum absolute atomic E-state index is 0.106. The molecule has 0 radical (unpaired) electrons. The van der Waals surface area contributed by atoms with Crippen molar-refractivity contribution in [2.75, 3.05) is 13.1 Å². The monoisotopic (exact) mass is 330 g/mol. The molecule has 0 spiro atoms. The highest BCUT2D eigenvalue weighted by Crippen LogP contribution is 2.17. The Bertz CT molecular complexity index is 760. The highest BCUT2D eigenvalue weighted by Gasteiger charge is 2.23. The molecule has 1 aliphatic rings. The van der Waals surface area contributed by atoms with Crippen LogP contribution in [-0.4, -0.2) is 57.0 Å². The number of aromatic nitrogens is 2. The quantitative estimate of drug-likeness (QED) is 0.795. The number of hydrogen-bond donors (Lipinski definition) is 3. The maximum atomic E-state index is 12.4. The van der Waals surface area contributed by atoms with Crippen LogP contribution in [0.5, 0.6) is 0 Å². The van der Waals surface area contributed by atoms with E-state index in [0.717, 1.165) is 25.9 Å². The van der Waals surface area contributed by atoms with Gasteiger partial charge in [0.25, 0.3) is 5.91 Å². The Hall–Kier alpha value is -2.41. The molecule has 1 aliphatic heterocycles. The predicted octanol–water partition coefficient (Wildman–Crippen LogP) is 1.86. The summed E-state index contributed by atoms with van der Waals surface area (Å²) in [4.78, 5) is 32.8. The molecule has 3 N–H and O–H groups in total. The fraction of sp³-hybridized carbons (Fsp3) is 0.471. The van der Waals surface area contributed by atoms with Crippen molar-refractivity contribution in [1.29, 1.82) is 0 Å². The number of likely N-dealkylation sites (tertiary alicyclic amines) is 1. The van der Waals surface area contributed by atoms with E-state index in [0.29, 0.717) is 22.8 Å². The summed E-state index contributed by atoms with van der Waals surface area (Å²) >= 11 is 0. The number of carboxylic acids is 1. The molecule has 2 aromatic rings. The summed E-state index contributed by atoms with van der Waals surface area (Å²) < 4.78 is 0. The summed E-state index contributed by atoms with van der Waals surface area (Å²) in [5.41, 5.74) is 1.03. The number of carboxylic acid groups (broad SMARTS) is 1. The van der Waals surface area contributed by atoms with Gasteiger partial charge in [-0.25, -0.2) is 9.78 Å². The van der Waals surface area contributed by atoms with Crippen LogP contribution in [0.3, 0.4) is 0 Å². The summed E-state index contributed by atoms with van der Waals surface area (Å²) in [6.07, 6.45) is 3.15. The molecule has 0 aromatic carbocycles. The Morgan fingerprint density at radius 2 is 2.04 bits per heavy atom. The smallest absolute Gasteiger partial charge is 0.337 e. The van der Waals surface area contributed by atoms with E-state index >= 15 is 0 Å². The second kappa shape index (κ2) is 6.60. The first kappa shape index (κ1) is 16.4. The Kier molecular flexibility index (Phi) is 4.53. The second-order valence-electron chi connectivity index (χ2n) is 6.53. The minimum Gasteiger partial charge on any atom is -0.478 e. The Labute approximate surface area is 140 Å². The molecule has 3 heterocycles. The van der Waals surface area contributed by atoms with Crippen LogP contribution in [0.25, 0.3) is 11.0 Å². The molecule has 128 valence electrons. The Morgan fingerprint density at radius 1 is 1.33 bits per heavy atom. The molecule has 1 amide bonds. The fourth-order valence-electron chi connectivity index (χ4n) is 3.08. The number of nitrogens with zero attached hydrogens (tertiary/aromatic N) is 2. The molecule has 0 atom stereocenters. The second-order valence-corrected chi connectivity index (χ2v) is 6.53. The molecule has 0 unspecified atom stereocenters. The van der Waals surface area contributed by atoms with Crippen LogP contribution in [0.1, 0.15) is 47.5 Å². The number of fused-ring (bicyclic) bond motifs is 1. The number of H-pyrrole nitrogens is 1. The number of aromatic carboxylic acids is 1. The van der Waals surface area contributed by atoms with Gasteiger partial charge >= 0.3 is 5.97 Å². The van der Waals surface area contributed by atoms with Gasteiger partial charge in [-0.05, 0) is 38.8 Å². The van der Waals surface area contributed by atoms with Gasteiger partial charge in [0.05, 0.1) is 5.56 Å². The molecule has 1 fully saturated rings. The van der Waals surface area contributed by atoms with E-state index in [-0.39, 0.29) is 17.5 Å². The van der Waals surface area contributed by atoms with Crippen molar-refractivity contribution in [3.8, 4) is 0 Å². The summed E-state index contributed by atoms with van der Waals surface area (Å²) in [6.45, 7) is 6.33. The molecule has 3 rings (SSSR count). The number of rotatable bonds is 4. The maximum Gasteiger partial charge on any atom is 0.337 e. The summed E-state index contributed by atoms with van der Waals surface area (Å²) in [7, 11) is 0. The minimum atomic E-state index is -1.03. The fourth-order valence-corrected chi connectivity index (χ4v) is 3.08. The number of pyridine rings is 1. The summed E-state index contributed by atoms with van der Waals surface area (Å²) in [6, 6.07) is 3.86. The number of aromatic amines is 1. The third-order valence-electron chi connectivity index (χ3n) is 4.56. The molecule has 7 heteroatoms. The third-order valence-corrected chi connectivity index (χ3v) is 4.56. The average molecular weight is 330 g/mol. The SMILES string of the molecule is CC(C)N1CCC(NC(=O)c2cc3cc(C(=O)O)cnc3[nH]2)CC1. The molecule has 0 bridgehead atoms. The van der Waals surface area contributed by atoms with E-state index in [4.69, 9.17) is 5.11 Å². The largest absolute Gasteiger partial charge is 0.478 e. The van der Waals surface area contributed by atoms with Crippen LogP contribution in [0.15, 0.2) is 18.3 Å². The highest BCUT2D eigenvalue weighted by molar-refractivity contribution is 5.99. The van der Waals surface area contributed by atoms with Gasteiger partial charge in [-0.3, -0.25) is 4.79 Å². The Balaban J connectivity index is 1.67. The highest BCUT2D eigenvalue weighted by atomic mass is 16.4. The van der Waals surface area contributed by atoms with E-state index in [1.165, 1.54) is 12.3 Å². The lowest BCUT2D eigenvalue weighted by Gasteiger charge is -2.34. The van der Waals surface area contributed by atoms with Crippen molar-refractivity contribution >= 4 is 22.9 Å². The molecule has 2 aromatic heterocycles. The number of carbonyl (C=O) groups is 2. The lowest BCUT2D eigenvalue weighted by Crippen LogP contribution is -2.46. The van der Waals surface area contributed by atoms with Gasteiger partial charge in [-0.15, -0.1) is 0 Å². The van der Waals surface area contributed by atoms with Crippen molar-refractivity contribution in [3.05, 3.63) is 29.6 Å². The van der Waals surface area contributed by atoms with Crippen LogP contribution in [0.4, 0.5) is 0 Å². The first-order chi connectivity index (χ1) is 11.4. The predicted molar refractivity (Wildman–Crippen MR) is 90.3 cm³/mol. The van der Waals surface area contributed by atoms with Crippen molar-refractivity contribution in [2.45, 2.75) is 38.8 Å². The number of piperidine rings is 1. The maximum absolute atomic E-state index is 12.4. The molecule has 1 saturated heterocycles. The van der Waals surface area contributed by atoms with Gasteiger partial charge in [0.2, 0.25) is 0 Å². The molecular weight excluding hydrogens is 308 g/mol. The Morgan fingerprint density at radius 3 is 2.67 bits per heavy atom. The first-order valence-corrected chi connectivity index (χ1v) is 8.21. The normalized spacial score (nSPS) is 16.6. The van der Waals surface area contributed by atoms with Gasteiger partial charge in [-0.1, -0.05) is 0 Å². The average Bonchev–Trinajstić information content (AvgIpc) is 2.98. The number of amides is 1. The van der Waals surface area contributed by atoms with Gasteiger partial charge in [0.15, 0.2) is 0 Å². The van der Waals surface area contributed by atoms with Gasteiger partial charge < -0.3 is 20.3 Å². The lowest BCUT2D eigenvalue weighted by molar-refractivity contribution is 0.0696.